The summed E-state index contributed by atoms with van der Waals surface area (Å²) in [5.41, 5.74) is 0. The Balaban J connectivity index is 2.29. The van der Waals surface area contributed by atoms with Gasteiger partial charge in [0.2, 0.25) is 0 Å². The second-order valence-corrected chi connectivity index (χ2v) is 3.71. The van der Waals surface area contributed by atoms with Gasteiger partial charge in [0.05, 0.1) is 6.10 Å². The lowest BCUT2D eigenvalue weighted by molar-refractivity contribution is 0.105. The fraction of sp³-hybridized carbons (Fsp3) is 1.00. The molecular weight excluding hydrogens is 138 g/mol. The minimum Gasteiger partial charge on any atom is -0.393 e. The van der Waals surface area contributed by atoms with Gasteiger partial charge < -0.3 is 10.0 Å². The van der Waals surface area contributed by atoms with Crippen LogP contribution in [0.1, 0.15) is 32.6 Å². The van der Waals surface area contributed by atoms with Crippen LogP contribution in [0.4, 0.5) is 0 Å². The fourth-order valence-corrected chi connectivity index (χ4v) is 1.84. The summed E-state index contributed by atoms with van der Waals surface area (Å²) >= 11 is 0. The summed E-state index contributed by atoms with van der Waals surface area (Å²) < 4.78 is 0. The van der Waals surface area contributed by atoms with Crippen LogP contribution in [-0.4, -0.2) is 35.7 Å². The highest BCUT2D eigenvalue weighted by molar-refractivity contribution is 4.75. The van der Waals surface area contributed by atoms with Gasteiger partial charge in [0, 0.05) is 6.04 Å². The molecule has 0 bridgehead atoms. The molecule has 1 aliphatic rings. The second kappa shape index (κ2) is 4.07. The fourth-order valence-electron chi connectivity index (χ4n) is 1.84. The third-order valence-electron chi connectivity index (χ3n) is 2.53. The monoisotopic (exact) mass is 157 g/mol. The molecule has 0 radical (unpaired) electrons. The van der Waals surface area contributed by atoms with Crippen molar-refractivity contribution in [3.05, 3.63) is 0 Å². The van der Waals surface area contributed by atoms with Crippen LogP contribution in [0.2, 0.25) is 0 Å². The Morgan fingerprint density at radius 1 is 1.55 bits per heavy atom. The highest BCUT2D eigenvalue weighted by Gasteiger charge is 2.19. The van der Waals surface area contributed by atoms with Gasteiger partial charge >= 0.3 is 0 Å². The summed E-state index contributed by atoms with van der Waals surface area (Å²) in [6, 6.07) is 0.628. The number of piperidine rings is 1. The molecule has 2 heteroatoms. The Morgan fingerprint density at radius 3 is 2.82 bits per heavy atom. The van der Waals surface area contributed by atoms with E-state index < -0.39 is 0 Å². The van der Waals surface area contributed by atoms with Gasteiger partial charge in [-0.3, -0.25) is 0 Å². The van der Waals surface area contributed by atoms with E-state index in [1.54, 1.807) is 0 Å². The topological polar surface area (TPSA) is 23.5 Å². The Hall–Kier alpha value is -0.0800. The average molecular weight is 157 g/mol. The zero-order valence-corrected chi connectivity index (χ0v) is 7.58. The van der Waals surface area contributed by atoms with E-state index in [0.29, 0.717) is 6.04 Å². The van der Waals surface area contributed by atoms with Gasteiger partial charge in [-0.1, -0.05) is 6.42 Å². The smallest absolute Gasteiger partial charge is 0.0527 e. The SMILES string of the molecule is CC(O)CC1CCCCN1C. The molecule has 0 aromatic rings. The minimum absolute atomic E-state index is 0.138. The van der Waals surface area contributed by atoms with E-state index >= 15 is 0 Å². The van der Waals surface area contributed by atoms with Gasteiger partial charge in [0.25, 0.3) is 0 Å². The third-order valence-corrected chi connectivity index (χ3v) is 2.53. The van der Waals surface area contributed by atoms with Gasteiger partial charge in [-0.25, -0.2) is 0 Å². The molecule has 1 fully saturated rings. The van der Waals surface area contributed by atoms with Crippen molar-refractivity contribution >= 4 is 0 Å². The van der Waals surface area contributed by atoms with Crippen LogP contribution in [0.15, 0.2) is 0 Å². The van der Waals surface area contributed by atoms with Crippen LogP contribution < -0.4 is 0 Å². The zero-order valence-electron chi connectivity index (χ0n) is 7.58. The van der Waals surface area contributed by atoms with Crippen molar-refractivity contribution < 1.29 is 5.11 Å². The number of nitrogens with zero attached hydrogens (tertiary/aromatic N) is 1. The van der Waals surface area contributed by atoms with Crippen molar-refractivity contribution in [2.45, 2.75) is 44.8 Å². The zero-order chi connectivity index (χ0) is 8.27. The summed E-state index contributed by atoms with van der Waals surface area (Å²) in [5.74, 6) is 0. The molecule has 0 aromatic carbocycles. The van der Waals surface area contributed by atoms with E-state index in [1.165, 1.54) is 25.8 Å². The van der Waals surface area contributed by atoms with Gasteiger partial charge in [0.1, 0.15) is 0 Å². The van der Waals surface area contributed by atoms with E-state index in [2.05, 4.69) is 11.9 Å². The minimum atomic E-state index is -0.138. The number of hydrogen-bond acceptors (Lipinski definition) is 2. The molecule has 1 rings (SSSR count). The standard InChI is InChI=1S/C9H19NO/c1-8(11)7-9-5-3-4-6-10(9)2/h8-9,11H,3-7H2,1-2H3. The van der Waals surface area contributed by atoms with Crippen LogP contribution in [0.25, 0.3) is 0 Å². The van der Waals surface area contributed by atoms with Crippen LogP contribution >= 0.6 is 0 Å². The molecule has 0 aliphatic carbocycles. The molecular formula is C9H19NO. The van der Waals surface area contributed by atoms with Gasteiger partial charge in [-0.15, -0.1) is 0 Å². The Kier molecular flexibility index (Phi) is 3.34. The first-order valence-electron chi connectivity index (χ1n) is 4.58. The van der Waals surface area contributed by atoms with Gasteiger partial charge in [-0.2, -0.15) is 0 Å². The maximum absolute atomic E-state index is 9.20. The van der Waals surface area contributed by atoms with Crippen molar-refractivity contribution in [2.75, 3.05) is 13.6 Å². The summed E-state index contributed by atoms with van der Waals surface area (Å²) in [6.45, 7) is 3.08. The number of rotatable bonds is 2. The lowest BCUT2D eigenvalue weighted by Gasteiger charge is -2.33. The lowest BCUT2D eigenvalue weighted by atomic mass is 9.98. The van der Waals surface area contributed by atoms with Crippen LogP contribution in [0.3, 0.4) is 0 Å². The van der Waals surface area contributed by atoms with Gasteiger partial charge in [0.15, 0.2) is 0 Å². The molecule has 1 heterocycles. The molecule has 2 atom stereocenters. The van der Waals surface area contributed by atoms with E-state index in [0.717, 1.165) is 6.42 Å². The quantitative estimate of drug-likeness (QED) is 0.652. The normalized spacial score (nSPS) is 30.3. The predicted molar refractivity (Wildman–Crippen MR) is 46.6 cm³/mol. The maximum atomic E-state index is 9.20. The molecule has 2 nitrogen and oxygen atoms in total. The number of hydrogen-bond donors (Lipinski definition) is 1. The Bertz CT molecular complexity index is 114. The van der Waals surface area contributed by atoms with Crippen molar-refractivity contribution in [3.63, 3.8) is 0 Å². The first kappa shape index (κ1) is 9.01. The third kappa shape index (κ3) is 2.80. The Morgan fingerprint density at radius 2 is 2.27 bits per heavy atom. The van der Waals surface area contributed by atoms with E-state index in [-0.39, 0.29) is 6.10 Å². The summed E-state index contributed by atoms with van der Waals surface area (Å²) in [7, 11) is 2.16. The van der Waals surface area contributed by atoms with Crippen molar-refractivity contribution in [3.8, 4) is 0 Å². The molecule has 0 amide bonds. The van der Waals surface area contributed by atoms with E-state index in [9.17, 15) is 5.11 Å². The molecule has 0 aromatic heterocycles. The molecule has 0 spiro atoms. The van der Waals surface area contributed by atoms with E-state index in [1.807, 2.05) is 6.92 Å². The molecule has 0 saturated carbocycles. The van der Waals surface area contributed by atoms with Gasteiger partial charge in [-0.05, 0) is 39.8 Å². The van der Waals surface area contributed by atoms with E-state index in [4.69, 9.17) is 0 Å². The summed E-state index contributed by atoms with van der Waals surface area (Å²) in [4.78, 5) is 2.37. The van der Waals surface area contributed by atoms with Crippen LogP contribution in [0.5, 0.6) is 0 Å². The first-order valence-corrected chi connectivity index (χ1v) is 4.58. The predicted octanol–water partition coefficient (Wildman–Crippen LogP) is 1.24. The van der Waals surface area contributed by atoms with Crippen LogP contribution in [-0.2, 0) is 0 Å². The van der Waals surface area contributed by atoms with Crippen molar-refractivity contribution in [2.24, 2.45) is 0 Å². The number of aliphatic hydroxyl groups excluding tert-OH is 1. The average Bonchev–Trinajstić information content (AvgIpc) is 1.93. The summed E-state index contributed by atoms with van der Waals surface area (Å²) in [5, 5.41) is 9.20. The molecule has 2 unspecified atom stereocenters. The summed E-state index contributed by atoms with van der Waals surface area (Å²) in [6.07, 6.45) is 4.73. The lowest BCUT2D eigenvalue weighted by Crippen LogP contribution is -2.38. The number of aliphatic hydroxyl groups is 1. The number of likely N-dealkylation sites (tertiary alicyclic amines) is 1. The van der Waals surface area contributed by atoms with Crippen molar-refractivity contribution in [1.29, 1.82) is 0 Å². The second-order valence-electron chi connectivity index (χ2n) is 3.71. The molecule has 1 saturated heterocycles. The van der Waals surface area contributed by atoms with Crippen molar-refractivity contribution in [1.82, 2.24) is 4.90 Å². The highest BCUT2D eigenvalue weighted by atomic mass is 16.3. The largest absolute Gasteiger partial charge is 0.393 e. The molecule has 11 heavy (non-hydrogen) atoms. The Labute approximate surface area is 69.2 Å². The maximum Gasteiger partial charge on any atom is 0.0527 e. The molecule has 1 N–H and O–H groups in total. The highest BCUT2D eigenvalue weighted by Crippen LogP contribution is 2.18. The molecule has 1 aliphatic heterocycles. The first-order chi connectivity index (χ1) is 5.20. The van der Waals surface area contributed by atoms with Crippen LogP contribution in [0, 0.1) is 0 Å². The molecule has 66 valence electrons.